The molecule has 1 aromatic rings. The zero-order valence-corrected chi connectivity index (χ0v) is 16.3. The molecule has 0 bridgehead atoms. The molecule has 3 N–H and O–H groups in total. The van der Waals surface area contributed by atoms with Crippen LogP contribution in [-0.4, -0.2) is 42.0 Å². The Morgan fingerprint density at radius 1 is 1.37 bits per heavy atom. The number of carboxylic acids is 1. The van der Waals surface area contributed by atoms with Crippen LogP contribution >= 0.6 is 23.2 Å². The number of hydrogen-bond acceptors (Lipinski definition) is 5. The Bertz CT molecular complexity index is 707. The van der Waals surface area contributed by atoms with Crippen molar-refractivity contribution in [2.45, 2.75) is 50.4 Å². The molecule has 1 aliphatic rings. The Balaban J connectivity index is 2.19. The number of carbonyl (C=O) groups excluding carboxylic acids is 2. The van der Waals surface area contributed by atoms with Crippen LogP contribution in [0.3, 0.4) is 0 Å². The van der Waals surface area contributed by atoms with Crippen molar-refractivity contribution in [3.8, 4) is 0 Å². The van der Waals surface area contributed by atoms with E-state index in [1.165, 1.54) is 0 Å². The summed E-state index contributed by atoms with van der Waals surface area (Å²) in [6, 6.07) is 3.21. The van der Waals surface area contributed by atoms with Crippen LogP contribution in [0.1, 0.15) is 38.2 Å². The molecule has 2 rings (SSSR count). The third-order valence-electron chi connectivity index (χ3n) is 4.37. The normalized spacial score (nSPS) is 21.9. The number of ether oxygens (including phenoxy) is 1. The molecule has 7 nitrogen and oxygen atoms in total. The zero-order valence-electron chi connectivity index (χ0n) is 14.8. The highest BCUT2D eigenvalue weighted by Crippen LogP contribution is 2.38. The molecular formula is C18H22Cl2N2O5. The van der Waals surface area contributed by atoms with Crippen molar-refractivity contribution in [3.63, 3.8) is 0 Å². The number of rotatable bonds is 8. The average molecular weight is 417 g/mol. The summed E-state index contributed by atoms with van der Waals surface area (Å²) >= 11 is 12.3. The van der Waals surface area contributed by atoms with Gasteiger partial charge in [0.15, 0.2) is 0 Å². The van der Waals surface area contributed by atoms with Gasteiger partial charge < -0.3 is 20.0 Å². The first-order chi connectivity index (χ1) is 12.8. The van der Waals surface area contributed by atoms with Crippen molar-refractivity contribution in [2.75, 3.05) is 6.61 Å². The second-order valence-electron chi connectivity index (χ2n) is 6.47. The number of carbonyl (C=O) groups is 3. The average Bonchev–Trinajstić information content (AvgIpc) is 2.61. The molecule has 1 fully saturated rings. The summed E-state index contributed by atoms with van der Waals surface area (Å²) in [7, 11) is 0. The van der Waals surface area contributed by atoms with Crippen molar-refractivity contribution < 1.29 is 24.2 Å². The van der Waals surface area contributed by atoms with Crippen LogP contribution in [0.25, 0.3) is 0 Å². The summed E-state index contributed by atoms with van der Waals surface area (Å²) in [6.45, 7) is 2.11. The van der Waals surface area contributed by atoms with Crippen molar-refractivity contribution in [3.05, 3.63) is 33.8 Å². The summed E-state index contributed by atoms with van der Waals surface area (Å²) < 4.78 is 6.01. The smallest absolute Gasteiger partial charge is 0.305 e. The standard InChI is InChI=1S/C18H22Cl2N2O5/c1-11(17(26)21-13(10-23)9-16(24)25)22-18(6-2-3-7-27-18)14-5-4-12(19)8-15(14)20/h4-5,8,10-11,13,22H,2-3,6-7,9H2,1H3,(H,21,26)(H,24,25)/t11-,13-,18?/m0/s1. The van der Waals surface area contributed by atoms with E-state index in [1.807, 2.05) is 0 Å². The van der Waals surface area contributed by atoms with Crippen LogP contribution in [-0.2, 0) is 24.8 Å². The number of aliphatic carboxylic acids is 1. The van der Waals surface area contributed by atoms with E-state index < -0.39 is 36.1 Å². The summed E-state index contributed by atoms with van der Waals surface area (Å²) in [5, 5.41) is 15.3. The fourth-order valence-corrected chi connectivity index (χ4v) is 3.62. The first-order valence-electron chi connectivity index (χ1n) is 8.62. The molecule has 0 radical (unpaired) electrons. The molecule has 1 aromatic carbocycles. The van der Waals surface area contributed by atoms with E-state index in [0.717, 1.165) is 12.8 Å². The Hall–Kier alpha value is -1.67. The Kier molecular flexibility index (Phi) is 7.61. The topological polar surface area (TPSA) is 105 Å². The molecular weight excluding hydrogens is 395 g/mol. The van der Waals surface area contributed by atoms with Gasteiger partial charge >= 0.3 is 5.97 Å². The number of benzene rings is 1. The van der Waals surface area contributed by atoms with Crippen molar-refractivity contribution >= 4 is 41.4 Å². The quantitative estimate of drug-likeness (QED) is 0.562. The van der Waals surface area contributed by atoms with Gasteiger partial charge in [0.2, 0.25) is 5.91 Å². The molecule has 148 valence electrons. The van der Waals surface area contributed by atoms with Crippen LogP contribution in [0.15, 0.2) is 18.2 Å². The van der Waals surface area contributed by atoms with Gasteiger partial charge in [0.1, 0.15) is 12.0 Å². The van der Waals surface area contributed by atoms with Crippen molar-refractivity contribution in [1.29, 1.82) is 0 Å². The molecule has 1 heterocycles. The van der Waals surface area contributed by atoms with Crippen LogP contribution in [0.5, 0.6) is 0 Å². The molecule has 1 unspecified atom stereocenters. The maximum atomic E-state index is 12.4. The lowest BCUT2D eigenvalue weighted by atomic mass is 9.93. The maximum absolute atomic E-state index is 12.4. The lowest BCUT2D eigenvalue weighted by Crippen LogP contribution is -2.56. The number of hydrogen-bond donors (Lipinski definition) is 3. The minimum Gasteiger partial charge on any atom is -0.481 e. The molecule has 27 heavy (non-hydrogen) atoms. The van der Waals surface area contributed by atoms with Crippen molar-refractivity contribution in [1.82, 2.24) is 10.6 Å². The van der Waals surface area contributed by atoms with Crippen LogP contribution in [0.4, 0.5) is 0 Å². The second-order valence-corrected chi connectivity index (χ2v) is 7.32. The highest BCUT2D eigenvalue weighted by Gasteiger charge is 2.39. The molecule has 1 saturated heterocycles. The zero-order chi connectivity index (χ0) is 20.0. The van der Waals surface area contributed by atoms with Gasteiger partial charge in [-0.1, -0.05) is 29.3 Å². The van der Waals surface area contributed by atoms with E-state index in [9.17, 15) is 14.4 Å². The van der Waals surface area contributed by atoms with Gasteiger partial charge in [-0.05, 0) is 38.3 Å². The third kappa shape index (κ3) is 5.65. The van der Waals surface area contributed by atoms with Crippen molar-refractivity contribution in [2.24, 2.45) is 0 Å². The summed E-state index contributed by atoms with van der Waals surface area (Å²) in [5.41, 5.74) is -0.300. The van der Waals surface area contributed by atoms with E-state index in [0.29, 0.717) is 34.9 Å². The molecule has 1 aliphatic heterocycles. The van der Waals surface area contributed by atoms with E-state index in [2.05, 4.69) is 10.6 Å². The molecule has 0 saturated carbocycles. The van der Waals surface area contributed by atoms with Gasteiger partial charge in [-0.15, -0.1) is 0 Å². The largest absolute Gasteiger partial charge is 0.481 e. The minimum atomic E-state index is -1.17. The summed E-state index contributed by atoms with van der Waals surface area (Å²) in [6.07, 6.45) is 2.28. The number of nitrogens with one attached hydrogen (secondary N) is 2. The first kappa shape index (κ1) is 21.6. The van der Waals surface area contributed by atoms with Gasteiger partial charge in [0.05, 0.1) is 18.5 Å². The van der Waals surface area contributed by atoms with Gasteiger partial charge in [0, 0.05) is 22.2 Å². The lowest BCUT2D eigenvalue weighted by Gasteiger charge is -2.41. The van der Waals surface area contributed by atoms with Crippen LogP contribution in [0.2, 0.25) is 10.0 Å². The SMILES string of the molecule is C[C@H](NC1(c2ccc(Cl)cc2Cl)CCCCO1)C(=O)N[C@H](C=O)CC(=O)O. The fourth-order valence-electron chi connectivity index (χ4n) is 3.06. The predicted octanol–water partition coefficient (Wildman–Crippen LogP) is 2.48. The van der Waals surface area contributed by atoms with Gasteiger partial charge in [0.25, 0.3) is 0 Å². The fraction of sp³-hybridized carbons (Fsp3) is 0.500. The Morgan fingerprint density at radius 2 is 2.11 bits per heavy atom. The van der Waals surface area contributed by atoms with Gasteiger partial charge in [-0.2, -0.15) is 0 Å². The molecule has 3 atom stereocenters. The number of aldehydes is 1. The Morgan fingerprint density at radius 3 is 2.67 bits per heavy atom. The van der Waals surface area contributed by atoms with Crippen LogP contribution < -0.4 is 10.6 Å². The van der Waals surface area contributed by atoms with Gasteiger partial charge in [-0.25, -0.2) is 0 Å². The molecule has 9 heteroatoms. The summed E-state index contributed by atoms with van der Waals surface area (Å²) in [4.78, 5) is 34.2. The van der Waals surface area contributed by atoms with E-state index in [4.69, 9.17) is 33.0 Å². The predicted molar refractivity (Wildman–Crippen MR) is 101 cm³/mol. The monoisotopic (exact) mass is 416 g/mol. The first-order valence-corrected chi connectivity index (χ1v) is 9.37. The lowest BCUT2D eigenvalue weighted by molar-refractivity contribution is -0.140. The number of halogens is 2. The highest BCUT2D eigenvalue weighted by atomic mass is 35.5. The second kappa shape index (κ2) is 9.50. The molecule has 0 spiro atoms. The highest BCUT2D eigenvalue weighted by molar-refractivity contribution is 6.35. The van der Waals surface area contributed by atoms with Crippen LogP contribution in [0, 0.1) is 0 Å². The van der Waals surface area contributed by atoms with Gasteiger partial charge in [-0.3, -0.25) is 14.9 Å². The molecule has 0 aliphatic carbocycles. The maximum Gasteiger partial charge on any atom is 0.305 e. The number of carboxylic acid groups (broad SMARTS) is 1. The third-order valence-corrected chi connectivity index (χ3v) is 4.92. The van der Waals surface area contributed by atoms with E-state index in [1.54, 1.807) is 25.1 Å². The Labute approximate surface area is 167 Å². The van der Waals surface area contributed by atoms with E-state index >= 15 is 0 Å². The summed E-state index contributed by atoms with van der Waals surface area (Å²) in [5.74, 6) is -1.68. The van der Waals surface area contributed by atoms with E-state index in [-0.39, 0.29) is 0 Å². The minimum absolute atomic E-state index is 0.404. The number of amides is 1. The molecule has 1 amide bonds. The molecule has 0 aromatic heterocycles.